The molecule has 0 aromatic heterocycles. The van der Waals surface area contributed by atoms with E-state index >= 15 is 0 Å². The molecule has 0 aliphatic heterocycles. The number of rotatable bonds is 5. The van der Waals surface area contributed by atoms with Crippen LogP contribution in [0.15, 0.2) is 5.11 Å². The van der Waals surface area contributed by atoms with Gasteiger partial charge in [-0.15, -0.1) is 0 Å². The van der Waals surface area contributed by atoms with Gasteiger partial charge in [0.2, 0.25) is 0 Å². The Balaban J connectivity index is 2.82. The van der Waals surface area contributed by atoms with E-state index in [4.69, 9.17) is 5.53 Å². The molecule has 114 valence electrons. The second kappa shape index (κ2) is 6.81. The van der Waals surface area contributed by atoms with Crippen LogP contribution in [0.2, 0.25) is 0 Å². The summed E-state index contributed by atoms with van der Waals surface area (Å²) in [4.78, 5) is 14.4. The second-order valence-electron chi connectivity index (χ2n) is 4.79. The molecule has 0 bridgehead atoms. The first-order valence-electron chi connectivity index (χ1n) is 6.27. The van der Waals surface area contributed by atoms with Crippen LogP contribution in [0.4, 0.5) is 13.2 Å². The molecule has 0 saturated heterocycles. The van der Waals surface area contributed by atoms with Gasteiger partial charge in [0.05, 0.1) is 13.0 Å². The number of azide groups is 1. The zero-order valence-corrected chi connectivity index (χ0v) is 11.1. The van der Waals surface area contributed by atoms with Gasteiger partial charge in [-0.2, -0.15) is 13.2 Å². The van der Waals surface area contributed by atoms with Crippen molar-refractivity contribution in [3.8, 4) is 0 Å². The fraction of sp³-hybridized carbons (Fsp3) is 0.909. The average molecular weight is 294 g/mol. The number of carbonyl (C=O) groups excluding carboxylic acids is 1. The molecular weight excluding hydrogens is 277 g/mol. The molecule has 1 aliphatic carbocycles. The lowest BCUT2D eigenvalue weighted by Gasteiger charge is -2.39. The number of halogens is 3. The summed E-state index contributed by atoms with van der Waals surface area (Å²) in [6.07, 6.45) is -4.10. The highest BCUT2D eigenvalue weighted by Crippen LogP contribution is 2.42. The Bertz CT molecular complexity index is 396. The number of nitrogens with zero attached hydrogens (tertiary/aromatic N) is 3. The third-order valence-electron chi connectivity index (χ3n) is 3.53. The molecule has 1 aliphatic rings. The van der Waals surface area contributed by atoms with Crippen molar-refractivity contribution >= 4 is 5.97 Å². The van der Waals surface area contributed by atoms with Crippen LogP contribution < -0.4 is 5.32 Å². The topological polar surface area (TPSA) is 87.1 Å². The van der Waals surface area contributed by atoms with E-state index in [0.29, 0.717) is 0 Å². The van der Waals surface area contributed by atoms with E-state index in [0.717, 1.165) is 7.11 Å². The molecule has 0 heterocycles. The molecule has 2 atom stereocenters. The van der Waals surface area contributed by atoms with Crippen molar-refractivity contribution in [3.05, 3.63) is 10.4 Å². The first-order chi connectivity index (χ1) is 9.35. The fourth-order valence-electron chi connectivity index (χ4n) is 2.56. The first-order valence-corrected chi connectivity index (χ1v) is 6.27. The highest BCUT2D eigenvalue weighted by atomic mass is 19.4. The Morgan fingerprint density at radius 1 is 1.60 bits per heavy atom. The SMILES string of the molecule is COC(=O)C1(NCCN=[N+]=[N-])CCCC(C(F)(F)F)C1. The van der Waals surface area contributed by atoms with E-state index in [1.807, 2.05) is 0 Å². The molecule has 1 fully saturated rings. The molecule has 0 radical (unpaired) electrons. The van der Waals surface area contributed by atoms with Crippen LogP contribution in [-0.2, 0) is 9.53 Å². The maximum absolute atomic E-state index is 12.8. The largest absolute Gasteiger partial charge is 0.468 e. The Morgan fingerprint density at radius 2 is 2.30 bits per heavy atom. The number of methoxy groups -OCH3 is 1. The Kier molecular flexibility index (Phi) is 5.64. The number of esters is 1. The van der Waals surface area contributed by atoms with E-state index < -0.39 is 23.6 Å². The lowest BCUT2D eigenvalue weighted by atomic mass is 9.75. The van der Waals surface area contributed by atoms with E-state index in [-0.39, 0.29) is 38.8 Å². The summed E-state index contributed by atoms with van der Waals surface area (Å²) in [7, 11) is 1.15. The number of alkyl halides is 3. The number of nitrogens with one attached hydrogen (secondary N) is 1. The zero-order valence-electron chi connectivity index (χ0n) is 11.1. The minimum atomic E-state index is -4.33. The Hall–Kier alpha value is -1.47. The van der Waals surface area contributed by atoms with Crippen molar-refractivity contribution in [2.75, 3.05) is 20.2 Å². The van der Waals surface area contributed by atoms with Gasteiger partial charge >= 0.3 is 12.1 Å². The lowest BCUT2D eigenvalue weighted by Crippen LogP contribution is -2.57. The van der Waals surface area contributed by atoms with Crippen LogP contribution in [0.5, 0.6) is 0 Å². The van der Waals surface area contributed by atoms with Crippen molar-refractivity contribution in [1.82, 2.24) is 5.32 Å². The molecule has 1 saturated carbocycles. The molecule has 2 unspecified atom stereocenters. The highest BCUT2D eigenvalue weighted by molar-refractivity contribution is 5.81. The molecule has 0 spiro atoms. The molecule has 0 aromatic carbocycles. The van der Waals surface area contributed by atoms with E-state index in [1.165, 1.54) is 0 Å². The molecule has 9 heteroatoms. The van der Waals surface area contributed by atoms with Crippen molar-refractivity contribution in [2.24, 2.45) is 11.0 Å². The second-order valence-corrected chi connectivity index (χ2v) is 4.79. The minimum absolute atomic E-state index is 0.0142. The molecule has 1 rings (SSSR count). The minimum Gasteiger partial charge on any atom is -0.468 e. The molecule has 20 heavy (non-hydrogen) atoms. The first kappa shape index (κ1) is 16.6. The summed E-state index contributed by atoms with van der Waals surface area (Å²) < 4.78 is 43.2. The highest BCUT2D eigenvalue weighted by Gasteiger charge is 2.51. The third kappa shape index (κ3) is 4.01. The van der Waals surface area contributed by atoms with Crippen LogP contribution in [0, 0.1) is 5.92 Å². The maximum Gasteiger partial charge on any atom is 0.391 e. The van der Waals surface area contributed by atoms with Crippen molar-refractivity contribution in [3.63, 3.8) is 0 Å². The summed E-state index contributed by atoms with van der Waals surface area (Å²) in [5.74, 6) is -2.23. The predicted molar refractivity (Wildman–Crippen MR) is 64.8 cm³/mol. The zero-order chi connectivity index (χ0) is 15.2. The normalized spacial score (nSPS) is 26.7. The Morgan fingerprint density at radius 3 is 2.85 bits per heavy atom. The number of ether oxygens (including phenoxy) is 1. The van der Waals surface area contributed by atoms with E-state index in [2.05, 4.69) is 20.1 Å². The predicted octanol–water partition coefficient (Wildman–Crippen LogP) is 2.55. The third-order valence-corrected chi connectivity index (χ3v) is 3.53. The molecule has 6 nitrogen and oxygen atoms in total. The van der Waals surface area contributed by atoms with Gasteiger partial charge < -0.3 is 10.1 Å². The Labute approximate surface area is 114 Å². The van der Waals surface area contributed by atoms with Crippen molar-refractivity contribution in [1.29, 1.82) is 0 Å². The smallest absolute Gasteiger partial charge is 0.391 e. The van der Waals surface area contributed by atoms with Gasteiger partial charge in [-0.3, -0.25) is 4.79 Å². The number of carbonyl (C=O) groups is 1. The number of hydrogen-bond donors (Lipinski definition) is 1. The van der Waals surface area contributed by atoms with Gasteiger partial charge in [-0.1, -0.05) is 11.5 Å². The van der Waals surface area contributed by atoms with Gasteiger partial charge in [-0.25, -0.2) is 0 Å². The maximum atomic E-state index is 12.8. The average Bonchev–Trinajstić information content (AvgIpc) is 2.42. The van der Waals surface area contributed by atoms with Crippen LogP contribution in [0.3, 0.4) is 0 Å². The van der Waals surface area contributed by atoms with Crippen LogP contribution in [0.1, 0.15) is 25.7 Å². The summed E-state index contributed by atoms with van der Waals surface area (Å²) in [5, 5.41) is 6.07. The summed E-state index contributed by atoms with van der Waals surface area (Å²) in [6, 6.07) is 0. The van der Waals surface area contributed by atoms with E-state index in [9.17, 15) is 18.0 Å². The fourth-order valence-corrected chi connectivity index (χ4v) is 2.56. The van der Waals surface area contributed by atoms with Gasteiger partial charge in [0.15, 0.2) is 0 Å². The van der Waals surface area contributed by atoms with Gasteiger partial charge in [0.1, 0.15) is 5.54 Å². The van der Waals surface area contributed by atoms with Crippen LogP contribution in [0.25, 0.3) is 10.4 Å². The molecule has 0 amide bonds. The summed E-state index contributed by atoms with van der Waals surface area (Å²) >= 11 is 0. The molecule has 0 aromatic rings. The number of hydrogen-bond acceptors (Lipinski definition) is 4. The van der Waals surface area contributed by atoms with Crippen molar-refractivity contribution < 1.29 is 22.7 Å². The van der Waals surface area contributed by atoms with Crippen molar-refractivity contribution in [2.45, 2.75) is 37.4 Å². The van der Waals surface area contributed by atoms with Gasteiger partial charge in [0, 0.05) is 18.0 Å². The van der Waals surface area contributed by atoms with Crippen LogP contribution >= 0.6 is 0 Å². The van der Waals surface area contributed by atoms with Crippen LogP contribution in [-0.4, -0.2) is 37.9 Å². The lowest BCUT2D eigenvalue weighted by molar-refractivity contribution is -0.192. The molecular formula is C11H17F3N4O2. The summed E-state index contributed by atoms with van der Waals surface area (Å²) in [6.45, 7) is 0.190. The molecule has 1 N–H and O–H groups in total. The standard InChI is InChI=1S/C11H17F3N4O2/c1-20-9(19)10(16-5-6-17-18-15)4-2-3-8(7-10)11(12,13)14/h8,16H,2-7H2,1H3. The van der Waals surface area contributed by atoms with E-state index in [1.54, 1.807) is 0 Å². The van der Waals surface area contributed by atoms with Gasteiger partial charge in [0.25, 0.3) is 0 Å². The monoisotopic (exact) mass is 294 g/mol. The quantitative estimate of drug-likeness (QED) is 0.278. The summed E-state index contributed by atoms with van der Waals surface area (Å²) in [5.41, 5.74) is 6.81. The van der Waals surface area contributed by atoms with Gasteiger partial charge in [-0.05, 0) is 24.8 Å².